The van der Waals surface area contributed by atoms with Gasteiger partial charge < -0.3 is 30.6 Å². The topological polar surface area (TPSA) is 170 Å². The molecule has 0 bridgehead atoms. The van der Waals surface area contributed by atoms with Crippen molar-refractivity contribution in [3.63, 3.8) is 0 Å². The summed E-state index contributed by atoms with van der Waals surface area (Å²) in [6.45, 7) is 0. The van der Waals surface area contributed by atoms with Crippen molar-refractivity contribution in [3.05, 3.63) is 29.8 Å². The first kappa shape index (κ1) is 19.8. The average Bonchev–Trinajstić information content (AvgIpc) is 2.23. The summed E-state index contributed by atoms with van der Waals surface area (Å²) in [5.74, 6) is -1.03. The summed E-state index contributed by atoms with van der Waals surface area (Å²) in [7, 11) is -10.4. The van der Waals surface area contributed by atoms with E-state index < -0.39 is 26.6 Å². The van der Waals surface area contributed by atoms with E-state index in [4.69, 9.17) is 25.3 Å². The molecule has 1 amide bonds. The van der Waals surface area contributed by atoms with Crippen molar-refractivity contribution in [2.24, 2.45) is 0 Å². The van der Waals surface area contributed by atoms with Crippen molar-refractivity contribution in [2.45, 2.75) is 5.52 Å². The molecule has 0 aliphatic carbocycles. The molecule has 1 aromatic rings. The van der Waals surface area contributed by atoms with Gasteiger partial charge in [-0.3, -0.25) is 13.9 Å². The Kier molecular flexibility index (Phi) is 7.10. The number of nitrogens with two attached hydrogens (primary N) is 1. The third kappa shape index (κ3) is 5.65. The van der Waals surface area contributed by atoms with Gasteiger partial charge in [-0.1, -0.05) is 0 Å². The fourth-order valence-corrected chi connectivity index (χ4v) is 3.34. The van der Waals surface area contributed by atoms with Crippen LogP contribution in [0.15, 0.2) is 24.3 Å². The molecular weight excluding hydrogens is 321 g/mol. The van der Waals surface area contributed by atoms with Crippen LogP contribution in [0.3, 0.4) is 0 Å². The average molecular weight is 334 g/mol. The van der Waals surface area contributed by atoms with Gasteiger partial charge in [0.1, 0.15) is 0 Å². The summed E-state index contributed by atoms with van der Waals surface area (Å²) in [5.41, 5.74) is 3.13. The molecule has 20 heavy (non-hydrogen) atoms. The zero-order valence-electron chi connectivity index (χ0n) is 9.37. The molecule has 0 aliphatic heterocycles. The molecule has 0 unspecified atom stereocenters. The van der Waals surface area contributed by atoms with Crippen LogP contribution in [0.5, 0.6) is 0 Å². The number of rotatable bonds is 4. The molecular formula is C8H13N2NaO7P2. The predicted octanol–water partition coefficient (Wildman–Crippen LogP) is -1.01. The number of amides is 1. The predicted molar refractivity (Wildman–Crippen MR) is 73.3 cm³/mol. The van der Waals surface area contributed by atoms with Crippen molar-refractivity contribution in [1.29, 1.82) is 0 Å². The molecule has 0 aromatic heterocycles. The molecule has 0 spiro atoms. The van der Waals surface area contributed by atoms with E-state index in [0.29, 0.717) is 5.69 Å². The maximum absolute atomic E-state index is 11.6. The number of anilines is 1. The second-order valence-corrected chi connectivity index (χ2v) is 7.44. The van der Waals surface area contributed by atoms with Gasteiger partial charge in [0, 0.05) is 11.3 Å². The number of hydrogen-bond acceptors (Lipinski definition) is 4. The van der Waals surface area contributed by atoms with E-state index in [1.807, 2.05) is 0 Å². The molecule has 1 rings (SSSR count). The van der Waals surface area contributed by atoms with Crippen LogP contribution in [0, 0.1) is 0 Å². The third-order valence-corrected chi connectivity index (χ3v) is 5.41. The van der Waals surface area contributed by atoms with Crippen LogP contribution in [0.1, 0.15) is 10.4 Å². The first-order chi connectivity index (χ1) is 8.51. The second kappa shape index (κ2) is 7.17. The zero-order valence-corrected chi connectivity index (χ0v) is 11.2. The van der Waals surface area contributed by atoms with E-state index in [1.165, 1.54) is 24.3 Å². The van der Waals surface area contributed by atoms with Crippen molar-refractivity contribution < 1.29 is 33.5 Å². The number of carbonyl (C=O) groups is 1. The van der Waals surface area contributed by atoms with E-state index >= 15 is 0 Å². The van der Waals surface area contributed by atoms with Gasteiger partial charge >= 0.3 is 44.7 Å². The molecule has 0 atom stereocenters. The monoisotopic (exact) mass is 334 g/mol. The molecule has 0 saturated carbocycles. The zero-order chi connectivity index (χ0) is 14.8. The van der Waals surface area contributed by atoms with Gasteiger partial charge in [0.2, 0.25) is 5.52 Å². The van der Waals surface area contributed by atoms with Crippen LogP contribution in [-0.2, 0) is 9.13 Å². The van der Waals surface area contributed by atoms with Crippen LogP contribution in [0.2, 0.25) is 0 Å². The number of nitrogens with one attached hydrogen (secondary N) is 1. The van der Waals surface area contributed by atoms with Crippen LogP contribution < -0.4 is 11.1 Å². The Balaban J connectivity index is 0.00000361. The van der Waals surface area contributed by atoms with E-state index in [0.717, 1.165) is 0 Å². The molecule has 9 nitrogen and oxygen atoms in total. The van der Waals surface area contributed by atoms with Gasteiger partial charge in [0.25, 0.3) is 5.91 Å². The standard InChI is InChI=1S/C8H12N2O7P2.Na.H/c9-6-3-1-5(2-4-6)7(11)10-8(18(12,13)14)19(15,16)17;;/h1-4,8H,9H2,(H,10,11)(H2,12,13,14)(H2,15,16,17);;. The number of nitrogen functional groups attached to an aromatic ring is 1. The van der Waals surface area contributed by atoms with E-state index in [9.17, 15) is 13.9 Å². The molecule has 7 N–H and O–H groups in total. The van der Waals surface area contributed by atoms with Gasteiger partial charge in [-0.2, -0.15) is 0 Å². The Hall–Kier alpha value is -0.210. The van der Waals surface area contributed by atoms with E-state index in [-0.39, 0.29) is 35.1 Å². The van der Waals surface area contributed by atoms with E-state index in [2.05, 4.69) is 0 Å². The Morgan fingerprint density at radius 3 is 1.80 bits per heavy atom. The van der Waals surface area contributed by atoms with Gasteiger partial charge in [0.05, 0.1) is 0 Å². The summed E-state index contributed by atoms with van der Waals surface area (Å²) in [6, 6.07) is 5.22. The fourth-order valence-electron chi connectivity index (χ4n) is 1.20. The maximum atomic E-state index is 11.6. The summed E-state index contributed by atoms with van der Waals surface area (Å²) in [4.78, 5) is 47.0. The normalized spacial score (nSPS) is 11.8. The van der Waals surface area contributed by atoms with Gasteiger partial charge in [-0.25, -0.2) is 0 Å². The fraction of sp³-hybridized carbons (Fsp3) is 0.125. The van der Waals surface area contributed by atoms with Crippen LogP contribution in [0.25, 0.3) is 0 Å². The van der Waals surface area contributed by atoms with Gasteiger partial charge in [0.15, 0.2) is 0 Å². The molecule has 1 aromatic carbocycles. The first-order valence-corrected chi connectivity index (χ1v) is 8.15. The van der Waals surface area contributed by atoms with Crippen LogP contribution in [0.4, 0.5) is 5.69 Å². The van der Waals surface area contributed by atoms with Crippen molar-refractivity contribution in [1.82, 2.24) is 5.32 Å². The molecule has 0 aliphatic rings. The van der Waals surface area contributed by atoms with Crippen LogP contribution in [-0.4, -0.2) is 60.6 Å². The van der Waals surface area contributed by atoms with Crippen molar-refractivity contribution in [3.8, 4) is 0 Å². The minimum absolute atomic E-state index is 0. The minimum atomic E-state index is -5.20. The molecule has 12 heteroatoms. The molecule has 0 saturated heterocycles. The third-order valence-electron chi connectivity index (χ3n) is 2.07. The van der Waals surface area contributed by atoms with Gasteiger partial charge in [-0.05, 0) is 24.3 Å². The Morgan fingerprint density at radius 2 is 1.45 bits per heavy atom. The summed E-state index contributed by atoms with van der Waals surface area (Å²) in [6.07, 6.45) is 0. The molecule has 0 radical (unpaired) electrons. The molecule has 0 heterocycles. The summed E-state index contributed by atoms with van der Waals surface area (Å²) >= 11 is 0. The number of hydrogen-bond donors (Lipinski definition) is 6. The molecule has 0 fully saturated rings. The summed E-state index contributed by atoms with van der Waals surface area (Å²) in [5, 5.41) is 1.63. The van der Waals surface area contributed by atoms with Crippen molar-refractivity contribution in [2.75, 3.05) is 5.73 Å². The number of benzene rings is 1. The van der Waals surface area contributed by atoms with E-state index in [1.54, 1.807) is 5.32 Å². The Morgan fingerprint density at radius 1 is 1.05 bits per heavy atom. The van der Waals surface area contributed by atoms with Crippen LogP contribution >= 0.6 is 15.2 Å². The Bertz CT molecular complexity index is 545. The SMILES string of the molecule is Nc1ccc(C(=O)NC(P(=O)(O)O)P(=O)(O)O)cc1.[NaH]. The molecule has 108 valence electrons. The summed E-state index contributed by atoms with van der Waals surface area (Å²) < 4.78 is 21.9. The first-order valence-electron chi connectivity index (χ1n) is 4.78. The quantitative estimate of drug-likeness (QED) is 0.231. The second-order valence-electron chi connectivity index (χ2n) is 3.65. The number of carbonyl (C=O) groups excluding carboxylic acids is 1. The van der Waals surface area contributed by atoms with Gasteiger partial charge in [-0.15, -0.1) is 0 Å². The Labute approximate surface area is 136 Å². The van der Waals surface area contributed by atoms with Crippen molar-refractivity contribution >= 4 is 56.3 Å².